The van der Waals surface area contributed by atoms with Gasteiger partial charge in [0.05, 0.1) is 5.69 Å². The van der Waals surface area contributed by atoms with Crippen molar-refractivity contribution in [2.45, 2.75) is 18.6 Å². The third-order valence-corrected chi connectivity index (χ3v) is 2.44. The highest BCUT2D eigenvalue weighted by molar-refractivity contribution is 5.89. The number of rotatable bonds is 0. The minimum atomic E-state index is -0.307. The second-order valence-electron chi connectivity index (χ2n) is 3.15. The first-order valence-corrected chi connectivity index (χ1v) is 3.99. The third kappa shape index (κ3) is 0.599. The van der Waals surface area contributed by atoms with Crippen molar-refractivity contribution < 1.29 is 9.53 Å². The number of aromatic nitrogens is 1. The van der Waals surface area contributed by atoms with E-state index in [1.807, 2.05) is 12.1 Å². The highest BCUT2D eigenvalue weighted by Crippen LogP contribution is 2.46. The van der Waals surface area contributed by atoms with Gasteiger partial charge in [-0.05, 0) is 6.07 Å². The van der Waals surface area contributed by atoms with Crippen LogP contribution in [-0.2, 0) is 9.53 Å². The van der Waals surface area contributed by atoms with Crippen LogP contribution in [0.1, 0.15) is 29.9 Å². The van der Waals surface area contributed by atoms with Gasteiger partial charge in [0, 0.05) is 18.2 Å². The van der Waals surface area contributed by atoms with Gasteiger partial charge < -0.3 is 4.74 Å². The molecule has 60 valence electrons. The number of hydrogen-bond acceptors (Lipinski definition) is 3. The Morgan fingerprint density at radius 2 is 2.50 bits per heavy atom. The van der Waals surface area contributed by atoms with Crippen LogP contribution in [0.4, 0.5) is 0 Å². The maximum absolute atomic E-state index is 11.2. The summed E-state index contributed by atoms with van der Waals surface area (Å²) in [5, 5.41) is 0. The van der Waals surface area contributed by atoms with Crippen LogP contribution in [0.3, 0.4) is 0 Å². The predicted octanol–water partition coefficient (Wildman–Crippen LogP) is 1.17. The molecule has 0 saturated carbocycles. The minimum absolute atomic E-state index is 0.0568. The number of fused-ring (bicyclic) bond motifs is 5. The van der Waals surface area contributed by atoms with Gasteiger partial charge in [0.25, 0.3) is 0 Å². The molecule has 2 aliphatic heterocycles. The number of carbonyl (C=O) groups excluding carboxylic acids is 1. The van der Waals surface area contributed by atoms with E-state index in [2.05, 4.69) is 4.98 Å². The minimum Gasteiger partial charge on any atom is -0.356 e. The van der Waals surface area contributed by atoms with Crippen molar-refractivity contribution in [3.8, 4) is 0 Å². The van der Waals surface area contributed by atoms with Gasteiger partial charge in [-0.2, -0.15) is 0 Å². The molecule has 0 aromatic carbocycles. The number of Topliss-reactive ketones (excluding diaryl/α,β-unsaturated/α-hetero) is 1. The molecule has 3 rings (SSSR count). The molecule has 0 aliphatic carbocycles. The molecule has 3 nitrogen and oxygen atoms in total. The SMILES string of the molecule is O=C1CC2OC1c1cccnc12. The van der Waals surface area contributed by atoms with Gasteiger partial charge in [-0.1, -0.05) is 6.07 Å². The van der Waals surface area contributed by atoms with Gasteiger partial charge in [-0.15, -0.1) is 0 Å². The Bertz CT molecular complexity index is 361. The summed E-state index contributed by atoms with van der Waals surface area (Å²) >= 11 is 0. The van der Waals surface area contributed by atoms with Crippen LogP contribution in [0.15, 0.2) is 18.3 Å². The second kappa shape index (κ2) is 1.93. The maximum Gasteiger partial charge on any atom is 0.169 e. The molecular weight excluding hydrogens is 154 g/mol. The number of ether oxygens (including phenoxy) is 1. The van der Waals surface area contributed by atoms with Gasteiger partial charge in [-0.3, -0.25) is 9.78 Å². The van der Waals surface area contributed by atoms with Crippen LogP contribution in [0.25, 0.3) is 0 Å². The Hall–Kier alpha value is -1.22. The summed E-state index contributed by atoms with van der Waals surface area (Å²) in [6.07, 6.45) is 1.89. The standard InChI is InChI=1S/C9H7NO2/c11-6-4-7-8-5(9(6)12-7)2-1-3-10-8/h1-3,7,9H,4H2. The zero-order chi connectivity index (χ0) is 8.13. The normalized spacial score (nSPS) is 30.8. The quantitative estimate of drug-likeness (QED) is 0.573. The lowest BCUT2D eigenvalue weighted by molar-refractivity contribution is -0.122. The number of carbonyl (C=O) groups is 1. The second-order valence-corrected chi connectivity index (χ2v) is 3.15. The van der Waals surface area contributed by atoms with E-state index in [1.165, 1.54) is 0 Å². The third-order valence-electron chi connectivity index (χ3n) is 2.44. The maximum atomic E-state index is 11.2. The highest BCUT2D eigenvalue weighted by Gasteiger charge is 2.44. The molecule has 1 saturated heterocycles. The molecule has 2 atom stereocenters. The Morgan fingerprint density at radius 3 is 3.42 bits per heavy atom. The molecule has 0 radical (unpaired) electrons. The van der Waals surface area contributed by atoms with Crippen molar-refractivity contribution in [3.63, 3.8) is 0 Å². The summed E-state index contributed by atoms with van der Waals surface area (Å²) in [5.74, 6) is 0.195. The van der Waals surface area contributed by atoms with Gasteiger partial charge in [0.15, 0.2) is 5.78 Å². The zero-order valence-electron chi connectivity index (χ0n) is 6.36. The number of nitrogens with zero attached hydrogens (tertiary/aromatic N) is 1. The molecule has 0 spiro atoms. The van der Waals surface area contributed by atoms with E-state index in [1.54, 1.807) is 6.20 Å². The van der Waals surface area contributed by atoms with E-state index in [9.17, 15) is 4.79 Å². The molecule has 1 fully saturated rings. The fourth-order valence-electron chi connectivity index (χ4n) is 1.91. The first-order valence-electron chi connectivity index (χ1n) is 3.99. The fourth-order valence-corrected chi connectivity index (χ4v) is 1.91. The molecule has 3 heterocycles. The zero-order valence-corrected chi connectivity index (χ0v) is 6.36. The van der Waals surface area contributed by atoms with Crippen LogP contribution in [0, 0.1) is 0 Å². The fraction of sp³-hybridized carbons (Fsp3) is 0.333. The van der Waals surface area contributed by atoms with E-state index in [0.717, 1.165) is 11.3 Å². The molecule has 0 amide bonds. The highest BCUT2D eigenvalue weighted by atomic mass is 16.5. The van der Waals surface area contributed by atoms with E-state index >= 15 is 0 Å². The number of ketones is 1. The first kappa shape index (κ1) is 6.31. The van der Waals surface area contributed by atoms with Crippen LogP contribution >= 0.6 is 0 Å². The van der Waals surface area contributed by atoms with E-state index in [0.29, 0.717) is 6.42 Å². The molecule has 2 bridgehead atoms. The summed E-state index contributed by atoms with van der Waals surface area (Å²) in [5.41, 5.74) is 1.93. The Balaban J connectivity index is 2.23. The summed E-state index contributed by atoms with van der Waals surface area (Å²) < 4.78 is 5.44. The lowest BCUT2D eigenvalue weighted by Crippen LogP contribution is -2.09. The summed E-state index contributed by atoms with van der Waals surface area (Å²) in [6, 6.07) is 3.76. The van der Waals surface area contributed by atoms with Crippen molar-refractivity contribution in [2.75, 3.05) is 0 Å². The van der Waals surface area contributed by atoms with Crippen LogP contribution in [0.2, 0.25) is 0 Å². The molecule has 2 aliphatic rings. The average Bonchev–Trinajstić information content (AvgIpc) is 2.62. The van der Waals surface area contributed by atoms with E-state index < -0.39 is 0 Å². The van der Waals surface area contributed by atoms with Gasteiger partial charge in [0.2, 0.25) is 0 Å². The molecule has 0 N–H and O–H groups in total. The van der Waals surface area contributed by atoms with Gasteiger partial charge >= 0.3 is 0 Å². The van der Waals surface area contributed by atoms with Gasteiger partial charge in [-0.25, -0.2) is 0 Å². The monoisotopic (exact) mass is 161 g/mol. The molecule has 12 heavy (non-hydrogen) atoms. The van der Waals surface area contributed by atoms with Crippen molar-refractivity contribution in [1.82, 2.24) is 4.98 Å². The Morgan fingerprint density at radius 1 is 1.58 bits per heavy atom. The van der Waals surface area contributed by atoms with Crippen LogP contribution < -0.4 is 0 Å². The van der Waals surface area contributed by atoms with E-state index in [4.69, 9.17) is 4.74 Å². The largest absolute Gasteiger partial charge is 0.356 e. The summed E-state index contributed by atoms with van der Waals surface area (Å²) in [6.45, 7) is 0. The lowest BCUT2D eigenvalue weighted by Gasteiger charge is -2.07. The average molecular weight is 161 g/mol. The van der Waals surface area contributed by atoms with Gasteiger partial charge in [0.1, 0.15) is 12.2 Å². The van der Waals surface area contributed by atoms with Crippen LogP contribution in [0.5, 0.6) is 0 Å². The van der Waals surface area contributed by atoms with E-state index in [-0.39, 0.29) is 18.0 Å². The topological polar surface area (TPSA) is 39.2 Å². The summed E-state index contributed by atoms with van der Waals surface area (Å²) in [4.78, 5) is 15.4. The van der Waals surface area contributed by atoms with Crippen molar-refractivity contribution in [2.24, 2.45) is 0 Å². The van der Waals surface area contributed by atoms with Crippen molar-refractivity contribution >= 4 is 5.78 Å². The van der Waals surface area contributed by atoms with Crippen molar-refractivity contribution in [1.29, 1.82) is 0 Å². The van der Waals surface area contributed by atoms with Crippen LogP contribution in [-0.4, -0.2) is 10.8 Å². The molecule has 2 unspecified atom stereocenters. The smallest absolute Gasteiger partial charge is 0.169 e. The molecule has 1 aromatic rings. The molecule has 1 aromatic heterocycles. The Kier molecular flexibility index (Phi) is 1.01. The first-order chi connectivity index (χ1) is 5.86. The Labute approximate surface area is 69.4 Å². The molecular formula is C9H7NO2. The lowest BCUT2D eigenvalue weighted by atomic mass is 9.95. The number of hydrogen-bond donors (Lipinski definition) is 0. The summed E-state index contributed by atoms with van der Waals surface area (Å²) in [7, 11) is 0. The predicted molar refractivity (Wildman–Crippen MR) is 40.4 cm³/mol. The number of pyridine rings is 1. The van der Waals surface area contributed by atoms with Crippen molar-refractivity contribution in [3.05, 3.63) is 29.6 Å². The molecule has 3 heteroatoms.